The number of ether oxygens (including phenoxy) is 2. The molecule has 1 atom stereocenters. The van der Waals surface area contributed by atoms with E-state index in [9.17, 15) is 4.79 Å². The summed E-state index contributed by atoms with van der Waals surface area (Å²) in [7, 11) is 1.62. The van der Waals surface area contributed by atoms with Gasteiger partial charge in [0.2, 0.25) is 0 Å². The number of hydrogen-bond donors (Lipinski definition) is 2. The first-order valence-electron chi connectivity index (χ1n) is 8.11. The fourth-order valence-electron chi connectivity index (χ4n) is 2.80. The van der Waals surface area contributed by atoms with Crippen LogP contribution in [0.15, 0.2) is 36.4 Å². The van der Waals surface area contributed by atoms with Gasteiger partial charge in [0.15, 0.2) is 11.5 Å². The molecule has 2 aromatic rings. The molecular formula is C19H22N2O3. The zero-order valence-corrected chi connectivity index (χ0v) is 14.2. The van der Waals surface area contributed by atoms with Gasteiger partial charge in [-0.1, -0.05) is 25.1 Å². The quantitative estimate of drug-likeness (QED) is 0.880. The van der Waals surface area contributed by atoms with Crippen molar-refractivity contribution >= 4 is 11.6 Å². The molecule has 0 saturated carbocycles. The van der Waals surface area contributed by atoms with E-state index in [4.69, 9.17) is 9.47 Å². The summed E-state index contributed by atoms with van der Waals surface area (Å²) in [4.78, 5) is 12.4. The minimum atomic E-state index is -0.305. The monoisotopic (exact) mass is 326 g/mol. The SMILES string of the molecule is CCCOc1cc([C@H]2NC(=O)c3cccc(C)c3N2)ccc1OC. The van der Waals surface area contributed by atoms with Crippen molar-refractivity contribution in [3.63, 3.8) is 0 Å². The van der Waals surface area contributed by atoms with E-state index in [1.165, 1.54) is 0 Å². The van der Waals surface area contributed by atoms with Crippen LogP contribution in [0, 0.1) is 6.92 Å². The number of rotatable bonds is 5. The molecule has 126 valence electrons. The third-order valence-corrected chi connectivity index (χ3v) is 4.06. The number of para-hydroxylation sites is 1. The standard InChI is InChI=1S/C19H22N2O3/c1-4-10-24-16-11-13(8-9-15(16)23-3)18-20-17-12(2)6-5-7-14(17)19(22)21-18/h5-9,11,18,20H,4,10H2,1-3H3,(H,21,22)/t18-/m1/s1. The number of hydrogen-bond acceptors (Lipinski definition) is 4. The maximum atomic E-state index is 12.4. The predicted octanol–water partition coefficient (Wildman–Crippen LogP) is 3.65. The summed E-state index contributed by atoms with van der Waals surface area (Å²) in [6.07, 6.45) is 0.610. The predicted molar refractivity (Wildman–Crippen MR) is 93.8 cm³/mol. The highest BCUT2D eigenvalue weighted by Crippen LogP contribution is 2.34. The summed E-state index contributed by atoms with van der Waals surface area (Å²) in [5, 5.41) is 6.39. The molecule has 0 radical (unpaired) electrons. The van der Waals surface area contributed by atoms with Crippen LogP contribution >= 0.6 is 0 Å². The van der Waals surface area contributed by atoms with Crippen molar-refractivity contribution in [3.8, 4) is 11.5 Å². The Balaban J connectivity index is 1.92. The van der Waals surface area contributed by atoms with E-state index < -0.39 is 0 Å². The van der Waals surface area contributed by atoms with Gasteiger partial charge in [-0.15, -0.1) is 0 Å². The molecule has 1 aliphatic heterocycles. The Morgan fingerprint density at radius 2 is 1.96 bits per heavy atom. The first-order valence-corrected chi connectivity index (χ1v) is 8.11. The number of methoxy groups -OCH3 is 1. The lowest BCUT2D eigenvalue weighted by Gasteiger charge is -2.29. The molecule has 5 heteroatoms. The number of carbonyl (C=O) groups is 1. The van der Waals surface area contributed by atoms with Gasteiger partial charge in [-0.3, -0.25) is 4.79 Å². The van der Waals surface area contributed by atoms with Gasteiger partial charge in [0, 0.05) is 0 Å². The second-order valence-electron chi connectivity index (χ2n) is 5.81. The van der Waals surface area contributed by atoms with E-state index in [1.807, 2.05) is 43.3 Å². The van der Waals surface area contributed by atoms with E-state index in [1.54, 1.807) is 7.11 Å². The first kappa shape index (κ1) is 16.2. The Bertz CT molecular complexity index is 758. The Labute approximate surface area is 142 Å². The van der Waals surface area contributed by atoms with Crippen LogP contribution in [-0.2, 0) is 0 Å². The van der Waals surface area contributed by atoms with Crippen LogP contribution in [0.4, 0.5) is 5.69 Å². The number of benzene rings is 2. The molecule has 2 aromatic carbocycles. The molecule has 5 nitrogen and oxygen atoms in total. The van der Waals surface area contributed by atoms with Crippen molar-refractivity contribution in [2.24, 2.45) is 0 Å². The molecule has 0 aromatic heterocycles. The van der Waals surface area contributed by atoms with E-state index in [0.717, 1.165) is 23.2 Å². The third-order valence-electron chi connectivity index (χ3n) is 4.06. The van der Waals surface area contributed by atoms with Crippen LogP contribution in [0.2, 0.25) is 0 Å². The Kier molecular flexibility index (Phi) is 4.60. The van der Waals surface area contributed by atoms with E-state index in [-0.39, 0.29) is 12.1 Å². The van der Waals surface area contributed by atoms with Gasteiger partial charge >= 0.3 is 0 Å². The molecule has 0 spiro atoms. The second-order valence-corrected chi connectivity index (χ2v) is 5.81. The molecule has 3 rings (SSSR count). The summed E-state index contributed by atoms with van der Waals surface area (Å²) in [6, 6.07) is 11.4. The smallest absolute Gasteiger partial charge is 0.255 e. The fraction of sp³-hybridized carbons (Fsp3) is 0.316. The first-order chi connectivity index (χ1) is 11.6. The average Bonchev–Trinajstić information content (AvgIpc) is 2.60. The van der Waals surface area contributed by atoms with Crippen molar-refractivity contribution in [1.29, 1.82) is 0 Å². The van der Waals surface area contributed by atoms with Crippen LogP contribution in [-0.4, -0.2) is 19.6 Å². The molecule has 1 amide bonds. The number of aryl methyl sites for hydroxylation is 1. The lowest BCUT2D eigenvalue weighted by atomic mass is 10.0. The summed E-state index contributed by atoms with van der Waals surface area (Å²) in [5.41, 5.74) is 3.51. The number of nitrogens with one attached hydrogen (secondary N) is 2. The third kappa shape index (κ3) is 3.02. The largest absolute Gasteiger partial charge is 0.493 e. The number of anilines is 1. The van der Waals surface area contributed by atoms with Crippen molar-refractivity contribution in [2.75, 3.05) is 19.0 Å². The maximum absolute atomic E-state index is 12.4. The lowest BCUT2D eigenvalue weighted by molar-refractivity contribution is 0.0935. The molecule has 0 bridgehead atoms. The summed E-state index contributed by atoms with van der Waals surface area (Å²) in [6.45, 7) is 4.66. The molecule has 2 N–H and O–H groups in total. The van der Waals surface area contributed by atoms with Crippen LogP contribution in [0.25, 0.3) is 0 Å². The summed E-state index contributed by atoms with van der Waals surface area (Å²) < 4.78 is 11.1. The highest BCUT2D eigenvalue weighted by molar-refractivity contribution is 6.02. The van der Waals surface area contributed by atoms with Crippen molar-refractivity contribution in [2.45, 2.75) is 26.4 Å². The molecule has 1 heterocycles. The Morgan fingerprint density at radius 3 is 2.71 bits per heavy atom. The van der Waals surface area contributed by atoms with Gasteiger partial charge in [0.25, 0.3) is 5.91 Å². The van der Waals surface area contributed by atoms with Crippen LogP contribution < -0.4 is 20.1 Å². The normalized spacial score (nSPS) is 16.0. The summed E-state index contributed by atoms with van der Waals surface area (Å²) >= 11 is 0. The Morgan fingerprint density at radius 1 is 1.12 bits per heavy atom. The minimum Gasteiger partial charge on any atom is -0.493 e. The molecule has 1 aliphatic rings. The molecule has 0 fully saturated rings. The van der Waals surface area contributed by atoms with E-state index in [0.29, 0.717) is 23.7 Å². The average molecular weight is 326 g/mol. The van der Waals surface area contributed by atoms with Gasteiger partial charge in [-0.05, 0) is 42.7 Å². The van der Waals surface area contributed by atoms with Crippen LogP contribution in [0.5, 0.6) is 11.5 Å². The van der Waals surface area contributed by atoms with Gasteiger partial charge in [0.1, 0.15) is 6.17 Å². The number of fused-ring (bicyclic) bond motifs is 1. The van der Waals surface area contributed by atoms with Crippen molar-refractivity contribution < 1.29 is 14.3 Å². The van der Waals surface area contributed by atoms with Gasteiger partial charge < -0.3 is 20.1 Å². The zero-order chi connectivity index (χ0) is 17.1. The molecule has 0 unspecified atom stereocenters. The van der Waals surface area contributed by atoms with Gasteiger partial charge in [-0.25, -0.2) is 0 Å². The lowest BCUT2D eigenvalue weighted by Crippen LogP contribution is -2.38. The molecule has 0 aliphatic carbocycles. The highest BCUT2D eigenvalue weighted by Gasteiger charge is 2.26. The maximum Gasteiger partial charge on any atom is 0.255 e. The molecular weight excluding hydrogens is 304 g/mol. The highest BCUT2D eigenvalue weighted by atomic mass is 16.5. The Hall–Kier alpha value is -2.69. The van der Waals surface area contributed by atoms with E-state index >= 15 is 0 Å². The van der Waals surface area contributed by atoms with E-state index in [2.05, 4.69) is 17.6 Å². The zero-order valence-electron chi connectivity index (χ0n) is 14.2. The topological polar surface area (TPSA) is 59.6 Å². The van der Waals surface area contributed by atoms with Crippen LogP contribution in [0.3, 0.4) is 0 Å². The number of carbonyl (C=O) groups excluding carboxylic acids is 1. The van der Waals surface area contributed by atoms with Gasteiger partial charge in [0.05, 0.1) is 25.0 Å². The van der Waals surface area contributed by atoms with Crippen molar-refractivity contribution in [1.82, 2.24) is 5.32 Å². The fourth-order valence-corrected chi connectivity index (χ4v) is 2.80. The second kappa shape index (κ2) is 6.83. The van der Waals surface area contributed by atoms with Crippen LogP contribution in [0.1, 0.15) is 41.0 Å². The summed E-state index contributed by atoms with van der Waals surface area (Å²) in [5.74, 6) is 1.29. The van der Waals surface area contributed by atoms with Crippen molar-refractivity contribution in [3.05, 3.63) is 53.1 Å². The molecule has 24 heavy (non-hydrogen) atoms. The number of amides is 1. The molecule has 0 saturated heterocycles. The minimum absolute atomic E-state index is 0.0794. The van der Waals surface area contributed by atoms with Gasteiger partial charge in [-0.2, -0.15) is 0 Å².